The lowest BCUT2D eigenvalue weighted by atomic mass is 10.0. The van der Waals surface area contributed by atoms with Gasteiger partial charge in [0, 0.05) is 25.1 Å². The van der Waals surface area contributed by atoms with Crippen molar-refractivity contribution in [3.05, 3.63) is 11.9 Å². The fourth-order valence-electron chi connectivity index (χ4n) is 2.89. The summed E-state index contributed by atoms with van der Waals surface area (Å²) in [6, 6.07) is 2.24. The molecule has 1 unspecified atom stereocenters. The van der Waals surface area contributed by atoms with E-state index < -0.39 is 0 Å². The van der Waals surface area contributed by atoms with Crippen LogP contribution in [0.2, 0.25) is 0 Å². The van der Waals surface area contributed by atoms with Crippen LogP contribution >= 0.6 is 0 Å². The molecule has 0 bridgehead atoms. The number of nitrogens with zero attached hydrogens (tertiary/aromatic N) is 3. The highest BCUT2D eigenvalue weighted by molar-refractivity contribution is 5.51. The number of hydrogen-bond acceptors (Lipinski definition) is 5. The van der Waals surface area contributed by atoms with Crippen molar-refractivity contribution in [2.24, 2.45) is 0 Å². The van der Waals surface area contributed by atoms with Crippen molar-refractivity contribution in [1.82, 2.24) is 9.97 Å². The molecule has 0 aromatic carbocycles. The van der Waals surface area contributed by atoms with Crippen LogP contribution in [0.5, 0.6) is 0 Å². The van der Waals surface area contributed by atoms with E-state index in [1.54, 1.807) is 0 Å². The number of nitrogens with one attached hydrogen (secondary N) is 1. The molecule has 20 heavy (non-hydrogen) atoms. The third kappa shape index (κ3) is 2.87. The van der Waals surface area contributed by atoms with Crippen molar-refractivity contribution in [2.45, 2.75) is 51.0 Å². The van der Waals surface area contributed by atoms with Gasteiger partial charge in [-0.15, -0.1) is 0 Å². The van der Waals surface area contributed by atoms with Gasteiger partial charge in [-0.05, 0) is 39.0 Å². The van der Waals surface area contributed by atoms with Crippen molar-refractivity contribution in [3.8, 4) is 0 Å². The van der Waals surface area contributed by atoms with Crippen LogP contribution in [0.25, 0.3) is 0 Å². The van der Waals surface area contributed by atoms with E-state index in [1.807, 2.05) is 6.07 Å². The van der Waals surface area contributed by atoms with Gasteiger partial charge in [0.15, 0.2) is 0 Å². The molecule has 2 aliphatic rings. The summed E-state index contributed by atoms with van der Waals surface area (Å²) in [7, 11) is 0. The normalized spacial score (nSPS) is 22.9. The maximum Gasteiger partial charge on any atom is 0.136 e. The molecule has 0 radical (unpaired) electrons. The van der Waals surface area contributed by atoms with Crippen LogP contribution in [0.3, 0.4) is 0 Å². The maximum atomic E-state index is 9.59. The molecule has 5 heteroatoms. The lowest BCUT2D eigenvalue weighted by Gasteiger charge is -2.35. The van der Waals surface area contributed by atoms with Crippen molar-refractivity contribution in [2.75, 3.05) is 29.9 Å². The molecular formula is C15H24N4O. The largest absolute Gasteiger partial charge is 0.394 e. The Balaban J connectivity index is 1.89. The molecule has 1 aliphatic carbocycles. The van der Waals surface area contributed by atoms with Crippen molar-refractivity contribution < 1.29 is 5.11 Å². The number of aromatic nitrogens is 2. The molecule has 5 nitrogen and oxygen atoms in total. The maximum absolute atomic E-state index is 9.59. The minimum Gasteiger partial charge on any atom is -0.394 e. The van der Waals surface area contributed by atoms with Crippen LogP contribution in [0.4, 0.5) is 11.6 Å². The zero-order valence-electron chi connectivity index (χ0n) is 12.2. The molecule has 0 spiro atoms. The average molecular weight is 276 g/mol. The van der Waals surface area contributed by atoms with Gasteiger partial charge < -0.3 is 15.3 Å². The van der Waals surface area contributed by atoms with Crippen LogP contribution in [0.1, 0.15) is 50.8 Å². The molecule has 1 aromatic rings. The molecule has 0 amide bonds. The van der Waals surface area contributed by atoms with E-state index in [2.05, 4.69) is 22.1 Å². The van der Waals surface area contributed by atoms with E-state index in [0.29, 0.717) is 5.92 Å². The van der Waals surface area contributed by atoms with Gasteiger partial charge in [0.1, 0.15) is 17.5 Å². The van der Waals surface area contributed by atoms with Gasteiger partial charge in [-0.25, -0.2) is 9.97 Å². The van der Waals surface area contributed by atoms with Gasteiger partial charge in [-0.3, -0.25) is 0 Å². The summed E-state index contributed by atoms with van der Waals surface area (Å²) in [4.78, 5) is 11.6. The minimum absolute atomic E-state index is 0.208. The number of piperidine rings is 1. The van der Waals surface area contributed by atoms with E-state index in [1.165, 1.54) is 25.7 Å². The monoisotopic (exact) mass is 276 g/mol. The van der Waals surface area contributed by atoms with Crippen LogP contribution in [-0.4, -0.2) is 40.8 Å². The van der Waals surface area contributed by atoms with E-state index in [9.17, 15) is 5.11 Å². The lowest BCUT2D eigenvalue weighted by Crippen LogP contribution is -2.42. The van der Waals surface area contributed by atoms with Gasteiger partial charge >= 0.3 is 0 Å². The van der Waals surface area contributed by atoms with Crippen molar-refractivity contribution >= 4 is 11.6 Å². The Morgan fingerprint density at radius 2 is 2.15 bits per heavy atom. The Hall–Kier alpha value is -1.36. The molecule has 110 valence electrons. The number of hydrogen-bond donors (Lipinski definition) is 2. The van der Waals surface area contributed by atoms with Gasteiger partial charge in [0.2, 0.25) is 0 Å². The van der Waals surface area contributed by atoms with E-state index in [0.717, 1.165) is 37.0 Å². The fourth-order valence-corrected chi connectivity index (χ4v) is 2.89. The SMILES string of the molecule is CCNc1cc(N2CCCCC2CO)nc(C2CC2)n1. The van der Waals surface area contributed by atoms with Crippen molar-refractivity contribution in [3.63, 3.8) is 0 Å². The number of rotatable bonds is 5. The number of anilines is 2. The zero-order valence-corrected chi connectivity index (χ0v) is 12.2. The first kappa shape index (κ1) is 13.6. The Morgan fingerprint density at radius 1 is 1.30 bits per heavy atom. The summed E-state index contributed by atoms with van der Waals surface area (Å²) in [5.74, 6) is 3.42. The molecule has 2 N–H and O–H groups in total. The smallest absolute Gasteiger partial charge is 0.136 e. The van der Waals surface area contributed by atoms with Gasteiger partial charge in [-0.1, -0.05) is 0 Å². The summed E-state index contributed by atoms with van der Waals surface area (Å²) in [5, 5.41) is 12.9. The quantitative estimate of drug-likeness (QED) is 0.862. The van der Waals surface area contributed by atoms with Gasteiger partial charge in [-0.2, -0.15) is 0 Å². The minimum atomic E-state index is 0.208. The first-order chi connectivity index (χ1) is 9.81. The molecule has 1 saturated carbocycles. The summed E-state index contributed by atoms with van der Waals surface area (Å²) in [6.45, 7) is 4.14. The predicted octanol–water partition coefficient (Wildman–Crippen LogP) is 2.14. The topological polar surface area (TPSA) is 61.3 Å². The Labute approximate surface area is 120 Å². The standard InChI is InChI=1S/C15H24N4O/c1-2-16-13-9-14(18-15(17-13)11-6-7-11)19-8-4-3-5-12(19)10-20/h9,11-12,20H,2-8,10H2,1H3,(H,16,17,18). The molecule has 2 heterocycles. The molecule has 2 fully saturated rings. The predicted molar refractivity (Wildman–Crippen MR) is 80.2 cm³/mol. The van der Waals surface area contributed by atoms with Crippen LogP contribution < -0.4 is 10.2 Å². The molecule has 3 rings (SSSR count). The van der Waals surface area contributed by atoms with Gasteiger partial charge in [0.25, 0.3) is 0 Å². The van der Waals surface area contributed by atoms with Crippen LogP contribution in [0.15, 0.2) is 6.07 Å². The third-order valence-corrected chi connectivity index (χ3v) is 4.16. The third-order valence-electron chi connectivity index (χ3n) is 4.16. The second-order valence-electron chi connectivity index (χ2n) is 5.80. The highest BCUT2D eigenvalue weighted by Gasteiger charge is 2.29. The lowest BCUT2D eigenvalue weighted by molar-refractivity contribution is 0.239. The van der Waals surface area contributed by atoms with Gasteiger partial charge in [0.05, 0.1) is 12.6 Å². The molecule has 1 aliphatic heterocycles. The highest BCUT2D eigenvalue weighted by atomic mass is 16.3. The fraction of sp³-hybridized carbons (Fsp3) is 0.733. The highest BCUT2D eigenvalue weighted by Crippen LogP contribution is 2.39. The van der Waals surface area contributed by atoms with Crippen molar-refractivity contribution in [1.29, 1.82) is 0 Å². The average Bonchev–Trinajstić information content (AvgIpc) is 3.32. The summed E-state index contributed by atoms with van der Waals surface area (Å²) < 4.78 is 0. The first-order valence-corrected chi connectivity index (χ1v) is 7.82. The van der Waals surface area contributed by atoms with E-state index in [4.69, 9.17) is 4.98 Å². The molecular weight excluding hydrogens is 252 g/mol. The molecule has 1 saturated heterocycles. The summed E-state index contributed by atoms with van der Waals surface area (Å²) in [6.07, 6.45) is 5.84. The summed E-state index contributed by atoms with van der Waals surface area (Å²) >= 11 is 0. The Morgan fingerprint density at radius 3 is 2.85 bits per heavy atom. The molecule has 1 atom stereocenters. The second kappa shape index (κ2) is 5.95. The van der Waals surface area contributed by atoms with Crippen LogP contribution in [0, 0.1) is 0 Å². The molecule has 1 aromatic heterocycles. The Kier molecular flexibility index (Phi) is 4.05. The second-order valence-corrected chi connectivity index (χ2v) is 5.80. The number of aliphatic hydroxyl groups excluding tert-OH is 1. The summed E-state index contributed by atoms with van der Waals surface area (Å²) in [5.41, 5.74) is 0. The zero-order chi connectivity index (χ0) is 13.9. The Bertz CT molecular complexity index is 461. The number of aliphatic hydroxyl groups is 1. The van der Waals surface area contributed by atoms with E-state index in [-0.39, 0.29) is 12.6 Å². The first-order valence-electron chi connectivity index (χ1n) is 7.82. The van der Waals surface area contributed by atoms with E-state index >= 15 is 0 Å². The van der Waals surface area contributed by atoms with Crippen LogP contribution in [-0.2, 0) is 0 Å².